The number of rotatable bonds is 4. The molecule has 0 bridgehead atoms. The van der Waals surface area contributed by atoms with Crippen LogP contribution in [0.25, 0.3) is 0 Å². The molecule has 2 N–H and O–H groups in total. The topological polar surface area (TPSA) is 78.9 Å². The second-order valence-electron chi connectivity index (χ2n) is 5.63. The van der Waals surface area contributed by atoms with Crippen LogP contribution in [0.1, 0.15) is 25.7 Å². The number of amides is 2. The zero-order chi connectivity index (χ0) is 19.5. The molecule has 0 atom stereocenters. The fourth-order valence-electron chi connectivity index (χ4n) is 3.08. The number of benzene rings is 1. The summed E-state index contributed by atoms with van der Waals surface area (Å²) in [5, 5.41) is 8.65. The zero-order valence-corrected chi connectivity index (χ0v) is 14.0. The first-order chi connectivity index (χ1) is 12.1. The molecule has 2 amide bonds. The van der Waals surface area contributed by atoms with Crippen molar-refractivity contribution >= 4 is 29.1 Å². The maximum atomic E-state index is 12.4. The molecule has 140 valence electrons. The molecule has 0 heterocycles. The van der Waals surface area contributed by atoms with E-state index in [1.807, 2.05) is 5.92 Å². The van der Waals surface area contributed by atoms with Crippen LogP contribution in [0.15, 0.2) is 18.2 Å². The number of halogens is 4. The minimum absolute atomic E-state index is 0.0120. The summed E-state index contributed by atoms with van der Waals surface area (Å²) in [5.41, 5.74) is 0.0738. The lowest BCUT2D eigenvalue weighted by Gasteiger charge is -2.38. The van der Waals surface area contributed by atoms with Crippen LogP contribution >= 0.6 is 11.6 Å². The SMILES string of the molecule is C#CC(=O)N(c1ccc(OC(F)(F)F)c(Cl)c1)C1(C(=O)NO)CCCC1. The summed E-state index contributed by atoms with van der Waals surface area (Å²) in [5.74, 6) is -0.511. The van der Waals surface area contributed by atoms with E-state index in [1.54, 1.807) is 0 Å². The fraction of sp³-hybridized carbons (Fsp3) is 0.375. The first-order valence-corrected chi connectivity index (χ1v) is 7.83. The van der Waals surface area contributed by atoms with Crippen LogP contribution in [0.2, 0.25) is 5.02 Å². The van der Waals surface area contributed by atoms with E-state index in [9.17, 15) is 22.8 Å². The summed E-state index contributed by atoms with van der Waals surface area (Å²) in [4.78, 5) is 25.6. The van der Waals surface area contributed by atoms with Crippen LogP contribution < -0.4 is 15.1 Å². The Morgan fingerprint density at radius 3 is 2.42 bits per heavy atom. The minimum Gasteiger partial charge on any atom is -0.404 e. The Kier molecular flexibility index (Phi) is 5.68. The standard InChI is InChI=1S/C16H14ClF3N2O4/c1-2-13(23)22(15(14(24)21-25)7-3-4-8-15)10-5-6-12(11(17)9-10)26-16(18,19)20/h1,5-6,9,25H,3-4,7-8H2,(H,21,24). The molecule has 1 aromatic carbocycles. The maximum absolute atomic E-state index is 12.4. The van der Waals surface area contributed by atoms with E-state index in [-0.39, 0.29) is 18.5 Å². The van der Waals surface area contributed by atoms with Crippen molar-refractivity contribution in [3.05, 3.63) is 23.2 Å². The van der Waals surface area contributed by atoms with Gasteiger partial charge in [-0.3, -0.25) is 19.7 Å². The van der Waals surface area contributed by atoms with Gasteiger partial charge in [0.15, 0.2) is 0 Å². The second-order valence-corrected chi connectivity index (χ2v) is 6.03. The molecule has 1 fully saturated rings. The summed E-state index contributed by atoms with van der Waals surface area (Å²) in [7, 11) is 0. The van der Waals surface area contributed by atoms with Crippen LogP contribution in [0.3, 0.4) is 0 Å². The number of nitrogens with one attached hydrogen (secondary N) is 1. The average Bonchev–Trinajstić information content (AvgIpc) is 3.06. The van der Waals surface area contributed by atoms with Crippen molar-refractivity contribution in [3.63, 3.8) is 0 Å². The largest absolute Gasteiger partial charge is 0.573 e. The van der Waals surface area contributed by atoms with Gasteiger partial charge in [0.1, 0.15) is 11.3 Å². The van der Waals surface area contributed by atoms with E-state index in [4.69, 9.17) is 23.2 Å². The highest BCUT2D eigenvalue weighted by Crippen LogP contribution is 2.41. The van der Waals surface area contributed by atoms with Crippen molar-refractivity contribution in [1.82, 2.24) is 5.48 Å². The number of ether oxygens (including phenoxy) is 1. The number of alkyl halides is 3. The summed E-state index contributed by atoms with van der Waals surface area (Å²) in [6.45, 7) is 0. The predicted octanol–water partition coefficient (Wildman–Crippen LogP) is 3.02. The van der Waals surface area contributed by atoms with Gasteiger partial charge in [0.25, 0.3) is 5.91 Å². The highest BCUT2D eigenvalue weighted by Gasteiger charge is 2.49. The molecule has 6 nitrogen and oxygen atoms in total. The number of hydrogen-bond acceptors (Lipinski definition) is 4. The molecule has 0 saturated heterocycles. The van der Waals surface area contributed by atoms with Crippen LogP contribution in [-0.2, 0) is 9.59 Å². The molecule has 26 heavy (non-hydrogen) atoms. The van der Waals surface area contributed by atoms with Crippen LogP contribution in [-0.4, -0.2) is 28.9 Å². The number of terminal acetylenes is 1. The fourth-order valence-corrected chi connectivity index (χ4v) is 3.29. The molecule has 10 heteroatoms. The number of anilines is 1. The Morgan fingerprint density at radius 2 is 1.96 bits per heavy atom. The van der Waals surface area contributed by atoms with Gasteiger partial charge in [0.05, 0.1) is 5.02 Å². The Balaban J connectivity index is 2.52. The van der Waals surface area contributed by atoms with E-state index in [0.29, 0.717) is 12.8 Å². The van der Waals surface area contributed by atoms with Crippen molar-refractivity contribution in [3.8, 4) is 18.1 Å². The molecule has 2 rings (SSSR count). The van der Waals surface area contributed by atoms with E-state index < -0.39 is 34.5 Å². The molecule has 0 unspecified atom stereocenters. The van der Waals surface area contributed by atoms with Gasteiger partial charge in [-0.25, -0.2) is 5.48 Å². The lowest BCUT2D eigenvalue weighted by atomic mass is 9.92. The Labute approximate surface area is 151 Å². The van der Waals surface area contributed by atoms with E-state index >= 15 is 0 Å². The van der Waals surface area contributed by atoms with E-state index in [2.05, 4.69) is 4.74 Å². The van der Waals surface area contributed by atoms with Gasteiger partial charge >= 0.3 is 12.3 Å². The van der Waals surface area contributed by atoms with Crippen LogP contribution in [0.5, 0.6) is 5.75 Å². The third-order valence-electron chi connectivity index (χ3n) is 4.11. The second kappa shape index (κ2) is 7.43. The molecule has 0 spiro atoms. The average molecular weight is 391 g/mol. The van der Waals surface area contributed by atoms with Crippen LogP contribution in [0.4, 0.5) is 18.9 Å². The third kappa shape index (κ3) is 3.86. The van der Waals surface area contributed by atoms with Crippen molar-refractivity contribution in [2.75, 3.05) is 4.90 Å². The monoisotopic (exact) mass is 390 g/mol. The van der Waals surface area contributed by atoms with Gasteiger partial charge in [-0.1, -0.05) is 24.4 Å². The Bertz CT molecular complexity index is 755. The molecule has 0 radical (unpaired) electrons. The highest BCUT2D eigenvalue weighted by atomic mass is 35.5. The maximum Gasteiger partial charge on any atom is 0.573 e. The molecule has 0 aromatic heterocycles. The van der Waals surface area contributed by atoms with Crippen molar-refractivity contribution in [2.24, 2.45) is 0 Å². The molecular formula is C16H14ClF3N2O4. The van der Waals surface area contributed by atoms with Gasteiger partial charge in [0, 0.05) is 5.69 Å². The molecule has 1 saturated carbocycles. The number of hydroxylamine groups is 1. The van der Waals surface area contributed by atoms with Crippen molar-refractivity contribution in [1.29, 1.82) is 0 Å². The summed E-state index contributed by atoms with van der Waals surface area (Å²) < 4.78 is 40.9. The smallest absolute Gasteiger partial charge is 0.404 e. The third-order valence-corrected chi connectivity index (χ3v) is 4.40. The van der Waals surface area contributed by atoms with Crippen molar-refractivity contribution in [2.45, 2.75) is 37.6 Å². The predicted molar refractivity (Wildman–Crippen MR) is 85.6 cm³/mol. The summed E-state index contributed by atoms with van der Waals surface area (Å²) >= 11 is 5.83. The molecule has 0 aliphatic heterocycles. The lowest BCUT2D eigenvalue weighted by molar-refractivity contribution is -0.274. The first-order valence-electron chi connectivity index (χ1n) is 7.45. The molecule has 1 aliphatic carbocycles. The van der Waals surface area contributed by atoms with Crippen LogP contribution in [0, 0.1) is 12.3 Å². The number of carbonyl (C=O) groups excluding carboxylic acids is 2. The van der Waals surface area contributed by atoms with Gasteiger partial charge in [-0.15, -0.1) is 19.6 Å². The normalized spacial score (nSPS) is 15.8. The van der Waals surface area contributed by atoms with E-state index in [0.717, 1.165) is 23.1 Å². The lowest BCUT2D eigenvalue weighted by Crippen LogP contribution is -2.59. The minimum atomic E-state index is -4.94. The number of hydrogen-bond donors (Lipinski definition) is 2. The molecule has 1 aliphatic rings. The molecular weight excluding hydrogens is 377 g/mol. The van der Waals surface area contributed by atoms with Gasteiger partial charge in [-0.05, 0) is 37.0 Å². The zero-order valence-electron chi connectivity index (χ0n) is 13.3. The quantitative estimate of drug-likeness (QED) is 0.470. The molecule has 1 aromatic rings. The Morgan fingerprint density at radius 1 is 1.35 bits per heavy atom. The summed E-state index contributed by atoms with van der Waals surface area (Å²) in [6, 6.07) is 3.09. The van der Waals surface area contributed by atoms with Gasteiger partial charge < -0.3 is 4.74 Å². The summed E-state index contributed by atoms with van der Waals surface area (Å²) in [6.07, 6.45) is 1.85. The Hall–Kier alpha value is -2.44. The van der Waals surface area contributed by atoms with Gasteiger partial charge in [0.2, 0.25) is 0 Å². The number of carbonyl (C=O) groups is 2. The van der Waals surface area contributed by atoms with E-state index in [1.165, 1.54) is 5.48 Å². The van der Waals surface area contributed by atoms with Gasteiger partial charge in [-0.2, -0.15) is 0 Å². The van der Waals surface area contributed by atoms with Crippen molar-refractivity contribution < 1.29 is 32.7 Å². The first kappa shape index (κ1) is 19.9. The number of nitrogens with zero attached hydrogens (tertiary/aromatic N) is 1. The highest BCUT2D eigenvalue weighted by molar-refractivity contribution is 6.32.